The van der Waals surface area contributed by atoms with Gasteiger partial charge in [-0.15, -0.1) is 0 Å². The van der Waals surface area contributed by atoms with Gasteiger partial charge in [-0.2, -0.15) is 0 Å². The molecule has 0 aromatic heterocycles. The summed E-state index contributed by atoms with van der Waals surface area (Å²) in [5, 5.41) is 18.0. The van der Waals surface area contributed by atoms with Crippen molar-refractivity contribution in [1.82, 2.24) is 0 Å². The number of hydrogen-bond donors (Lipinski definition) is 5. The molecule has 5 N–H and O–H groups in total. The van der Waals surface area contributed by atoms with Crippen LogP contribution in [-0.4, -0.2) is 37.3 Å². The normalized spacial score (nSPS) is 17.0. The van der Waals surface area contributed by atoms with Gasteiger partial charge < -0.3 is 0 Å². The Morgan fingerprint density at radius 1 is 1.06 bits per heavy atom. The standard InChI is InChI=1S/C12H21O5P/c1-12(2,3)9-4-6-10(7-5-9)18(15,16,17)11(14)8-13/h4-7,11,13-17H,8H2,1-3H3. The molecular formula is C12H21O5P. The molecule has 0 radical (unpaired) electrons. The van der Waals surface area contributed by atoms with Gasteiger partial charge in [0.05, 0.1) is 0 Å². The minimum absolute atomic E-state index is 0.106. The molecule has 1 unspecified atom stereocenters. The summed E-state index contributed by atoms with van der Waals surface area (Å²) in [7, 11) is -5.44. The molecule has 18 heavy (non-hydrogen) atoms. The molecule has 0 saturated heterocycles. The van der Waals surface area contributed by atoms with E-state index in [0.29, 0.717) is 0 Å². The molecule has 0 aliphatic heterocycles. The molecule has 0 bridgehead atoms. The number of benzene rings is 1. The van der Waals surface area contributed by atoms with Crippen molar-refractivity contribution in [2.24, 2.45) is 0 Å². The van der Waals surface area contributed by atoms with Crippen LogP contribution >= 0.6 is 7.28 Å². The van der Waals surface area contributed by atoms with Crippen LogP contribution in [-0.2, 0) is 5.41 Å². The Bertz CT molecular complexity index is 413. The van der Waals surface area contributed by atoms with E-state index in [9.17, 15) is 19.8 Å². The third-order valence-corrected chi connectivity index (χ3v) is 5.49. The zero-order valence-corrected chi connectivity index (χ0v) is 11.7. The topological polar surface area (TPSA) is 101 Å². The Morgan fingerprint density at radius 3 is 1.83 bits per heavy atom. The van der Waals surface area contributed by atoms with E-state index in [1.165, 1.54) is 12.1 Å². The van der Waals surface area contributed by atoms with E-state index in [4.69, 9.17) is 5.11 Å². The van der Waals surface area contributed by atoms with E-state index < -0.39 is 19.7 Å². The molecule has 1 aromatic carbocycles. The van der Waals surface area contributed by atoms with Gasteiger partial charge in [0.15, 0.2) is 0 Å². The first-order valence-corrected chi connectivity index (χ1v) is 7.80. The molecular weight excluding hydrogens is 255 g/mol. The SMILES string of the molecule is CC(C)(C)c1ccc(P(O)(O)(O)C(O)CO)cc1. The fourth-order valence-electron chi connectivity index (χ4n) is 1.57. The van der Waals surface area contributed by atoms with Crippen molar-refractivity contribution < 1.29 is 24.9 Å². The van der Waals surface area contributed by atoms with E-state index in [0.717, 1.165) is 5.56 Å². The maximum absolute atomic E-state index is 9.84. The van der Waals surface area contributed by atoms with E-state index in [-0.39, 0.29) is 10.7 Å². The van der Waals surface area contributed by atoms with Crippen LogP contribution in [0.3, 0.4) is 0 Å². The number of aliphatic hydroxyl groups excluding tert-OH is 2. The summed E-state index contributed by atoms with van der Waals surface area (Å²) >= 11 is 0. The van der Waals surface area contributed by atoms with Crippen molar-refractivity contribution in [3.63, 3.8) is 0 Å². The van der Waals surface area contributed by atoms with Crippen LogP contribution in [0.2, 0.25) is 0 Å². The van der Waals surface area contributed by atoms with Gasteiger partial charge in [0.25, 0.3) is 0 Å². The van der Waals surface area contributed by atoms with Crippen LogP contribution in [0, 0.1) is 0 Å². The van der Waals surface area contributed by atoms with Crippen molar-refractivity contribution in [2.45, 2.75) is 32.0 Å². The zero-order valence-electron chi connectivity index (χ0n) is 10.8. The number of rotatable bonds is 3. The van der Waals surface area contributed by atoms with Gasteiger partial charge in [-0.05, 0) is 0 Å². The predicted octanol–water partition coefficient (Wildman–Crippen LogP) is 0.195. The summed E-state index contributed by atoms with van der Waals surface area (Å²) in [5.41, 5.74) is 0.849. The van der Waals surface area contributed by atoms with Crippen molar-refractivity contribution in [2.75, 3.05) is 6.61 Å². The van der Waals surface area contributed by atoms with Crippen LogP contribution < -0.4 is 5.30 Å². The summed E-state index contributed by atoms with van der Waals surface area (Å²) in [6.07, 6.45) is 0. The van der Waals surface area contributed by atoms with Crippen LogP contribution in [0.4, 0.5) is 0 Å². The predicted molar refractivity (Wildman–Crippen MR) is 71.4 cm³/mol. The Balaban J connectivity index is 3.20. The molecule has 1 rings (SSSR count). The second-order valence-electron chi connectivity index (χ2n) is 5.50. The molecule has 0 amide bonds. The van der Waals surface area contributed by atoms with Gasteiger partial charge in [0.2, 0.25) is 0 Å². The van der Waals surface area contributed by atoms with E-state index in [2.05, 4.69) is 0 Å². The molecule has 0 saturated carbocycles. The molecule has 104 valence electrons. The van der Waals surface area contributed by atoms with Gasteiger partial charge in [0, 0.05) is 0 Å². The monoisotopic (exact) mass is 276 g/mol. The second kappa shape index (κ2) is 4.53. The minimum atomic E-state index is -5.44. The van der Waals surface area contributed by atoms with Crippen LogP contribution in [0.1, 0.15) is 26.3 Å². The molecule has 5 nitrogen and oxygen atoms in total. The van der Waals surface area contributed by atoms with Gasteiger partial charge in [-0.25, -0.2) is 0 Å². The first-order valence-electron chi connectivity index (χ1n) is 5.64. The van der Waals surface area contributed by atoms with Crippen molar-refractivity contribution >= 4 is 12.6 Å². The molecule has 1 atom stereocenters. The van der Waals surface area contributed by atoms with E-state index in [1.807, 2.05) is 20.8 Å². The van der Waals surface area contributed by atoms with Crippen LogP contribution in [0.5, 0.6) is 0 Å². The van der Waals surface area contributed by atoms with Gasteiger partial charge in [-0.3, -0.25) is 0 Å². The molecule has 6 heteroatoms. The fourth-order valence-corrected chi connectivity index (χ4v) is 2.94. The summed E-state index contributed by atoms with van der Waals surface area (Å²) in [6, 6.07) is 6.03. The summed E-state index contributed by atoms with van der Waals surface area (Å²) in [6.45, 7) is 5.08. The quantitative estimate of drug-likeness (QED) is 0.508. The van der Waals surface area contributed by atoms with Gasteiger partial charge in [0.1, 0.15) is 0 Å². The van der Waals surface area contributed by atoms with Gasteiger partial charge in [-0.1, -0.05) is 0 Å². The van der Waals surface area contributed by atoms with Crippen LogP contribution in [0.15, 0.2) is 24.3 Å². The number of hydrogen-bond acceptors (Lipinski definition) is 5. The van der Waals surface area contributed by atoms with E-state index >= 15 is 0 Å². The molecule has 1 aromatic rings. The Kier molecular flexibility index (Phi) is 3.90. The Morgan fingerprint density at radius 2 is 1.50 bits per heavy atom. The zero-order chi connectivity index (χ0) is 14.2. The number of aliphatic hydroxyl groups is 2. The second-order valence-corrected chi connectivity index (χ2v) is 8.70. The third-order valence-electron chi connectivity index (χ3n) is 2.94. The molecule has 0 heterocycles. The Labute approximate surface area is 107 Å². The summed E-state index contributed by atoms with van der Waals surface area (Å²) in [4.78, 5) is 29.5. The molecule has 0 aliphatic rings. The molecule has 0 spiro atoms. The van der Waals surface area contributed by atoms with E-state index in [1.54, 1.807) is 12.1 Å². The van der Waals surface area contributed by atoms with Gasteiger partial charge >= 0.3 is 106 Å². The van der Waals surface area contributed by atoms with Crippen molar-refractivity contribution in [1.29, 1.82) is 0 Å². The Hall–Kier alpha value is -0.550. The first kappa shape index (κ1) is 15.5. The molecule has 0 aliphatic carbocycles. The summed E-state index contributed by atoms with van der Waals surface area (Å²) < 4.78 is 0. The van der Waals surface area contributed by atoms with Crippen molar-refractivity contribution in [3.8, 4) is 0 Å². The maximum atomic E-state index is 9.84. The molecule has 0 fully saturated rings. The van der Waals surface area contributed by atoms with Crippen LogP contribution in [0.25, 0.3) is 0 Å². The average Bonchev–Trinajstić information content (AvgIpc) is 2.26. The fraction of sp³-hybridized carbons (Fsp3) is 0.500. The average molecular weight is 276 g/mol. The third kappa shape index (κ3) is 2.88. The first-order chi connectivity index (χ1) is 7.97. The summed E-state index contributed by atoms with van der Waals surface area (Å²) in [5.74, 6) is -1.99. The van der Waals surface area contributed by atoms with Crippen molar-refractivity contribution in [3.05, 3.63) is 29.8 Å².